The molecule has 0 radical (unpaired) electrons. The van der Waals surface area contributed by atoms with E-state index < -0.39 is 0 Å². The highest BCUT2D eigenvalue weighted by atomic mass is 32.1. The van der Waals surface area contributed by atoms with Crippen molar-refractivity contribution < 1.29 is 9.47 Å². The van der Waals surface area contributed by atoms with Crippen LogP contribution in [0, 0.1) is 6.92 Å². The average molecular weight is 306 g/mol. The molecule has 0 saturated carbocycles. The van der Waals surface area contributed by atoms with E-state index in [-0.39, 0.29) is 0 Å². The number of thiazole rings is 1. The van der Waals surface area contributed by atoms with E-state index in [0.717, 1.165) is 15.6 Å². The van der Waals surface area contributed by atoms with Gasteiger partial charge in [0.25, 0.3) is 0 Å². The van der Waals surface area contributed by atoms with Crippen molar-refractivity contribution in [2.45, 2.75) is 13.5 Å². The predicted molar refractivity (Wildman–Crippen MR) is 85.3 cm³/mol. The van der Waals surface area contributed by atoms with Crippen molar-refractivity contribution in [3.8, 4) is 11.5 Å². The maximum atomic E-state index is 5.87. The van der Waals surface area contributed by atoms with Gasteiger partial charge in [0.05, 0.1) is 25.8 Å². The van der Waals surface area contributed by atoms with Crippen LogP contribution in [0.5, 0.6) is 11.5 Å². The number of aryl methyl sites for hydroxylation is 1. The third kappa shape index (κ3) is 4.09. The van der Waals surface area contributed by atoms with Crippen LogP contribution in [0.1, 0.15) is 9.88 Å². The minimum Gasteiger partial charge on any atom is -0.493 e. The van der Waals surface area contributed by atoms with E-state index in [1.165, 1.54) is 0 Å². The fraction of sp³-hybridized carbons (Fsp3) is 0.286. The molecule has 2 aromatic rings. The lowest BCUT2D eigenvalue weighted by Crippen LogP contribution is -2.22. The van der Waals surface area contributed by atoms with Crippen LogP contribution >= 0.6 is 11.3 Å². The molecule has 0 fully saturated rings. The van der Waals surface area contributed by atoms with Gasteiger partial charge in [0.1, 0.15) is 0 Å². The number of methoxy groups -OCH3 is 2. The van der Waals surface area contributed by atoms with Crippen LogP contribution in [0.2, 0.25) is 0 Å². The maximum Gasteiger partial charge on any atom is 0.193 e. The molecular weight excluding hydrogens is 288 g/mol. The quantitative estimate of drug-likeness (QED) is 0.655. The summed E-state index contributed by atoms with van der Waals surface area (Å²) in [6, 6.07) is 5.46. The van der Waals surface area contributed by atoms with Gasteiger partial charge in [-0.15, -0.1) is 11.3 Å². The van der Waals surface area contributed by atoms with Crippen LogP contribution in [-0.2, 0) is 6.54 Å². The highest BCUT2D eigenvalue weighted by Gasteiger charge is 2.05. The summed E-state index contributed by atoms with van der Waals surface area (Å²) in [5.74, 6) is 1.64. The summed E-state index contributed by atoms with van der Waals surface area (Å²) in [5.41, 5.74) is 6.66. The zero-order valence-corrected chi connectivity index (χ0v) is 13.0. The summed E-state index contributed by atoms with van der Waals surface area (Å²) in [7, 11) is 3.18. The third-order valence-electron chi connectivity index (χ3n) is 2.73. The second-order valence-electron chi connectivity index (χ2n) is 4.24. The Morgan fingerprint density at radius 1 is 1.33 bits per heavy atom. The van der Waals surface area contributed by atoms with E-state index in [0.29, 0.717) is 24.0 Å². The molecule has 0 amide bonds. The monoisotopic (exact) mass is 306 g/mol. The van der Waals surface area contributed by atoms with Crippen LogP contribution in [0.4, 0.5) is 5.69 Å². The van der Waals surface area contributed by atoms with Crippen LogP contribution < -0.4 is 20.5 Å². The molecule has 3 N–H and O–H groups in total. The number of anilines is 1. The van der Waals surface area contributed by atoms with Crippen molar-refractivity contribution in [3.63, 3.8) is 0 Å². The van der Waals surface area contributed by atoms with Crippen molar-refractivity contribution in [1.29, 1.82) is 0 Å². The number of nitrogens with one attached hydrogen (secondary N) is 1. The number of aromatic nitrogens is 1. The molecule has 1 heterocycles. The zero-order valence-electron chi connectivity index (χ0n) is 12.2. The van der Waals surface area contributed by atoms with E-state index in [2.05, 4.69) is 15.3 Å². The zero-order chi connectivity index (χ0) is 15.2. The fourth-order valence-corrected chi connectivity index (χ4v) is 2.46. The van der Waals surface area contributed by atoms with Gasteiger partial charge in [0.2, 0.25) is 0 Å². The molecule has 0 saturated heterocycles. The lowest BCUT2D eigenvalue weighted by molar-refractivity contribution is 0.355. The van der Waals surface area contributed by atoms with Gasteiger partial charge in [-0.25, -0.2) is 9.98 Å². The molecular formula is C14H18N4O2S. The van der Waals surface area contributed by atoms with Gasteiger partial charge in [-0.05, 0) is 19.1 Å². The molecule has 112 valence electrons. The van der Waals surface area contributed by atoms with Gasteiger partial charge in [-0.2, -0.15) is 0 Å². The maximum absolute atomic E-state index is 5.87. The lowest BCUT2D eigenvalue weighted by atomic mass is 10.3. The summed E-state index contributed by atoms with van der Waals surface area (Å²) >= 11 is 1.61. The van der Waals surface area contributed by atoms with Gasteiger partial charge in [-0.3, -0.25) is 0 Å². The number of guanidine groups is 1. The summed E-state index contributed by atoms with van der Waals surface area (Å²) in [4.78, 5) is 9.53. The van der Waals surface area contributed by atoms with Crippen LogP contribution in [0.3, 0.4) is 0 Å². The molecule has 0 aliphatic rings. The smallest absolute Gasteiger partial charge is 0.193 e. The number of nitrogens with zero attached hydrogens (tertiary/aromatic N) is 2. The van der Waals surface area contributed by atoms with Crippen molar-refractivity contribution in [3.05, 3.63) is 34.3 Å². The van der Waals surface area contributed by atoms with E-state index >= 15 is 0 Å². The molecule has 0 atom stereocenters. The molecule has 7 heteroatoms. The molecule has 2 rings (SSSR count). The van der Waals surface area contributed by atoms with E-state index in [4.69, 9.17) is 15.2 Å². The normalized spacial score (nSPS) is 11.3. The second-order valence-corrected chi connectivity index (χ2v) is 5.56. The Kier molecular flexibility index (Phi) is 4.99. The van der Waals surface area contributed by atoms with Crippen LogP contribution in [0.25, 0.3) is 0 Å². The van der Waals surface area contributed by atoms with E-state index in [9.17, 15) is 0 Å². The average Bonchev–Trinajstić information content (AvgIpc) is 2.90. The lowest BCUT2D eigenvalue weighted by Gasteiger charge is -2.10. The Labute approximate surface area is 127 Å². The molecule has 6 nitrogen and oxygen atoms in total. The fourth-order valence-electron chi connectivity index (χ4n) is 1.74. The largest absolute Gasteiger partial charge is 0.493 e. The van der Waals surface area contributed by atoms with E-state index in [1.54, 1.807) is 37.7 Å². The number of nitrogens with two attached hydrogens (primary N) is 1. The molecule has 1 aromatic carbocycles. The Balaban J connectivity index is 2.03. The van der Waals surface area contributed by atoms with Crippen LogP contribution in [-0.4, -0.2) is 25.2 Å². The van der Waals surface area contributed by atoms with Gasteiger partial charge in [0.15, 0.2) is 17.5 Å². The number of ether oxygens (including phenoxy) is 2. The van der Waals surface area contributed by atoms with Gasteiger partial charge in [0, 0.05) is 22.8 Å². The number of benzene rings is 1. The van der Waals surface area contributed by atoms with Gasteiger partial charge < -0.3 is 20.5 Å². The Bertz CT molecular complexity index is 640. The number of aliphatic imine (C=N–C) groups is 1. The predicted octanol–water partition coefficient (Wildman–Crippen LogP) is 2.40. The summed E-state index contributed by atoms with van der Waals surface area (Å²) in [6.45, 7) is 2.47. The first-order chi connectivity index (χ1) is 10.1. The Hall–Kier alpha value is -2.28. The minimum absolute atomic E-state index is 0.341. The summed E-state index contributed by atoms with van der Waals surface area (Å²) < 4.78 is 10.4. The summed E-state index contributed by atoms with van der Waals surface area (Å²) in [6.07, 6.45) is 1.81. The molecule has 0 bridgehead atoms. The van der Waals surface area contributed by atoms with Crippen LogP contribution in [0.15, 0.2) is 29.4 Å². The van der Waals surface area contributed by atoms with Crippen molar-refractivity contribution in [2.24, 2.45) is 10.7 Å². The number of rotatable bonds is 5. The second kappa shape index (κ2) is 6.94. The SMILES string of the molecule is COc1ccc(NC(N)=NCc2cnc(C)s2)cc1OC. The Morgan fingerprint density at radius 3 is 2.71 bits per heavy atom. The number of hydrogen-bond donors (Lipinski definition) is 2. The molecule has 0 unspecified atom stereocenters. The molecule has 1 aromatic heterocycles. The Morgan fingerprint density at radius 2 is 2.10 bits per heavy atom. The first-order valence-corrected chi connectivity index (χ1v) is 7.14. The molecule has 0 aliphatic heterocycles. The number of hydrogen-bond acceptors (Lipinski definition) is 5. The van der Waals surface area contributed by atoms with E-state index in [1.807, 2.05) is 19.2 Å². The molecule has 0 aliphatic carbocycles. The molecule has 0 spiro atoms. The first-order valence-electron chi connectivity index (χ1n) is 6.32. The first kappa shape index (κ1) is 15.1. The standard InChI is InChI=1S/C14H18N4O2S/c1-9-16-7-11(21-9)8-17-14(15)18-10-4-5-12(19-2)13(6-10)20-3/h4-7H,8H2,1-3H3,(H3,15,17,18). The minimum atomic E-state index is 0.341. The highest BCUT2D eigenvalue weighted by Crippen LogP contribution is 2.29. The van der Waals surface area contributed by atoms with Crippen molar-refractivity contribution in [2.75, 3.05) is 19.5 Å². The summed E-state index contributed by atoms with van der Waals surface area (Å²) in [5, 5.41) is 4.04. The topological polar surface area (TPSA) is 81.8 Å². The highest BCUT2D eigenvalue weighted by molar-refractivity contribution is 7.11. The van der Waals surface area contributed by atoms with Gasteiger partial charge in [-0.1, -0.05) is 0 Å². The van der Waals surface area contributed by atoms with Gasteiger partial charge >= 0.3 is 0 Å². The third-order valence-corrected chi connectivity index (χ3v) is 3.63. The molecule has 21 heavy (non-hydrogen) atoms. The van der Waals surface area contributed by atoms with Crippen molar-refractivity contribution in [1.82, 2.24) is 4.98 Å². The van der Waals surface area contributed by atoms with Crippen molar-refractivity contribution >= 4 is 23.0 Å².